The summed E-state index contributed by atoms with van der Waals surface area (Å²) < 4.78 is 13.4. The zero-order valence-electron chi connectivity index (χ0n) is 10.9. The molecule has 1 nitrogen and oxygen atoms in total. The van der Waals surface area contributed by atoms with Gasteiger partial charge in [-0.3, -0.25) is 0 Å². The lowest BCUT2D eigenvalue weighted by Gasteiger charge is -2.24. The van der Waals surface area contributed by atoms with Gasteiger partial charge in [0.05, 0.1) is 6.10 Å². The van der Waals surface area contributed by atoms with Crippen molar-refractivity contribution in [2.45, 2.75) is 31.3 Å². The summed E-state index contributed by atoms with van der Waals surface area (Å²) in [4.78, 5) is 0. The van der Waals surface area contributed by atoms with Crippen LogP contribution in [0.25, 0.3) is 0 Å². The van der Waals surface area contributed by atoms with Gasteiger partial charge in [-0.1, -0.05) is 36.4 Å². The van der Waals surface area contributed by atoms with Gasteiger partial charge < -0.3 is 5.11 Å². The second-order valence-corrected chi connectivity index (χ2v) is 5.43. The van der Waals surface area contributed by atoms with E-state index in [1.54, 1.807) is 6.07 Å². The van der Waals surface area contributed by atoms with Crippen LogP contribution in [0.4, 0.5) is 4.39 Å². The predicted molar refractivity (Wildman–Crippen MR) is 73.5 cm³/mol. The second kappa shape index (κ2) is 4.46. The van der Waals surface area contributed by atoms with E-state index in [2.05, 4.69) is 0 Å². The van der Waals surface area contributed by atoms with E-state index in [0.717, 1.165) is 24.0 Å². The minimum absolute atomic E-state index is 0.222. The van der Waals surface area contributed by atoms with E-state index >= 15 is 0 Å². The van der Waals surface area contributed by atoms with Gasteiger partial charge in [-0.15, -0.1) is 0 Å². The van der Waals surface area contributed by atoms with Gasteiger partial charge in [0.2, 0.25) is 0 Å². The Hall–Kier alpha value is -1.67. The molecule has 1 aliphatic rings. The van der Waals surface area contributed by atoms with Crippen molar-refractivity contribution in [3.63, 3.8) is 0 Å². The maximum atomic E-state index is 13.4. The maximum absolute atomic E-state index is 13.4. The molecule has 2 heteroatoms. The maximum Gasteiger partial charge on any atom is 0.123 e. The van der Waals surface area contributed by atoms with E-state index in [9.17, 15) is 9.50 Å². The number of aliphatic hydroxyl groups excluding tert-OH is 1. The topological polar surface area (TPSA) is 20.2 Å². The first-order valence-corrected chi connectivity index (χ1v) is 6.63. The molecule has 0 heterocycles. The van der Waals surface area contributed by atoms with Crippen LogP contribution in [0.1, 0.15) is 35.6 Å². The lowest BCUT2D eigenvalue weighted by atomic mass is 9.84. The van der Waals surface area contributed by atoms with Gasteiger partial charge >= 0.3 is 0 Å². The third-order valence-electron chi connectivity index (χ3n) is 4.20. The highest BCUT2D eigenvalue weighted by Crippen LogP contribution is 2.56. The fraction of sp³-hybridized carbons (Fsp3) is 0.294. The molecule has 1 aliphatic carbocycles. The molecule has 98 valence electrons. The van der Waals surface area contributed by atoms with Crippen LogP contribution in [-0.4, -0.2) is 5.11 Å². The lowest BCUT2D eigenvalue weighted by molar-refractivity contribution is 0.132. The monoisotopic (exact) mass is 256 g/mol. The first-order valence-electron chi connectivity index (χ1n) is 6.63. The Kier molecular flexibility index (Phi) is 2.90. The van der Waals surface area contributed by atoms with Gasteiger partial charge in [-0.25, -0.2) is 4.39 Å². The van der Waals surface area contributed by atoms with Gasteiger partial charge in [0.1, 0.15) is 5.82 Å². The zero-order chi connectivity index (χ0) is 13.5. The minimum Gasteiger partial charge on any atom is -0.387 e. The predicted octanol–water partition coefficient (Wildman–Crippen LogP) is 3.90. The molecular formula is C17H17FO. The standard InChI is InChI=1S/C17H17FO/c1-12-7-8-14(18)11-15(12)16(19)17(9-10-17)13-5-3-2-4-6-13/h2-8,11,16,19H,9-10H2,1H3. The van der Waals surface area contributed by atoms with E-state index in [1.165, 1.54) is 12.1 Å². The Labute approximate surface area is 112 Å². The molecule has 2 aromatic rings. The molecular weight excluding hydrogens is 239 g/mol. The number of hydrogen-bond acceptors (Lipinski definition) is 1. The Morgan fingerprint density at radius 2 is 1.79 bits per heavy atom. The molecule has 1 saturated carbocycles. The molecule has 19 heavy (non-hydrogen) atoms. The molecule has 3 rings (SSSR count). The summed E-state index contributed by atoms with van der Waals surface area (Å²) in [5.74, 6) is -0.288. The van der Waals surface area contributed by atoms with Crippen molar-refractivity contribution in [1.82, 2.24) is 0 Å². The third-order valence-corrected chi connectivity index (χ3v) is 4.20. The average molecular weight is 256 g/mol. The molecule has 0 saturated heterocycles. The first kappa shape index (κ1) is 12.4. The highest BCUT2D eigenvalue weighted by molar-refractivity contribution is 5.39. The summed E-state index contributed by atoms with van der Waals surface area (Å²) in [6.07, 6.45) is 1.27. The number of hydrogen-bond donors (Lipinski definition) is 1. The normalized spacial score (nSPS) is 18.1. The smallest absolute Gasteiger partial charge is 0.123 e. The van der Waals surface area contributed by atoms with E-state index in [1.807, 2.05) is 37.3 Å². The summed E-state index contributed by atoms with van der Waals surface area (Å²) >= 11 is 0. The first-order chi connectivity index (χ1) is 9.13. The van der Waals surface area contributed by atoms with Crippen molar-refractivity contribution in [3.05, 3.63) is 71.0 Å². The van der Waals surface area contributed by atoms with Crippen LogP contribution >= 0.6 is 0 Å². The summed E-state index contributed by atoms with van der Waals surface area (Å²) in [5, 5.41) is 10.7. The van der Waals surface area contributed by atoms with Crippen LogP contribution in [0.2, 0.25) is 0 Å². The molecule has 0 bridgehead atoms. The Morgan fingerprint density at radius 3 is 2.42 bits per heavy atom. The quantitative estimate of drug-likeness (QED) is 0.883. The minimum atomic E-state index is -0.634. The van der Waals surface area contributed by atoms with Crippen LogP contribution in [0.15, 0.2) is 48.5 Å². The van der Waals surface area contributed by atoms with E-state index < -0.39 is 6.10 Å². The second-order valence-electron chi connectivity index (χ2n) is 5.43. The van der Waals surface area contributed by atoms with Crippen molar-refractivity contribution < 1.29 is 9.50 Å². The van der Waals surface area contributed by atoms with Crippen molar-refractivity contribution in [2.24, 2.45) is 0 Å². The zero-order valence-corrected chi connectivity index (χ0v) is 10.9. The van der Waals surface area contributed by atoms with Gasteiger partial charge in [0, 0.05) is 5.41 Å². The van der Waals surface area contributed by atoms with Crippen LogP contribution in [-0.2, 0) is 5.41 Å². The number of aryl methyl sites for hydroxylation is 1. The average Bonchev–Trinajstić information content (AvgIpc) is 3.23. The summed E-state index contributed by atoms with van der Waals surface area (Å²) in [7, 11) is 0. The van der Waals surface area contributed by atoms with Crippen molar-refractivity contribution >= 4 is 0 Å². The molecule has 1 atom stereocenters. The SMILES string of the molecule is Cc1ccc(F)cc1C(O)C1(c2ccccc2)CC1. The van der Waals surface area contributed by atoms with Crippen molar-refractivity contribution in [2.75, 3.05) is 0 Å². The summed E-state index contributed by atoms with van der Waals surface area (Å²) in [6, 6.07) is 14.7. The highest BCUT2D eigenvalue weighted by Gasteiger charge is 2.51. The molecule has 0 aromatic heterocycles. The summed E-state index contributed by atoms with van der Waals surface area (Å²) in [6.45, 7) is 1.92. The highest BCUT2D eigenvalue weighted by atomic mass is 19.1. The number of benzene rings is 2. The van der Waals surface area contributed by atoms with E-state index in [4.69, 9.17) is 0 Å². The fourth-order valence-electron chi connectivity index (χ4n) is 2.83. The van der Waals surface area contributed by atoms with Crippen LogP contribution in [0, 0.1) is 12.7 Å². The molecule has 0 amide bonds. The van der Waals surface area contributed by atoms with Crippen LogP contribution in [0.5, 0.6) is 0 Å². The summed E-state index contributed by atoms with van der Waals surface area (Å²) in [5.41, 5.74) is 2.57. The van der Waals surface area contributed by atoms with Gasteiger partial charge in [-0.2, -0.15) is 0 Å². The Morgan fingerprint density at radius 1 is 1.11 bits per heavy atom. The largest absolute Gasteiger partial charge is 0.387 e. The molecule has 0 radical (unpaired) electrons. The molecule has 1 N–H and O–H groups in total. The van der Waals surface area contributed by atoms with Gasteiger partial charge in [0.15, 0.2) is 0 Å². The molecule has 0 aliphatic heterocycles. The van der Waals surface area contributed by atoms with E-state index in [-0.39, 0.29) is 11.2 Å². The van der Waals surface area contributed by atoms with Gasteiger partial charge in [-0.05, 0) is 48.6 Å². The molecule has 2 aromatic carbocycles. The number of halogens is 1. The fourth-order valence-corrected chi connectivity index (χ4v) is 2.83. The lowest BCUT2D eigenvalue weighted by Crippen LogP contribution is -2.19. The molecule has 1 unspecified atom stereocenters. The molecule has 1 fully saturated rings. The molecule has 0 spiro atoms. The number of rotatable bonds is 3. The van der Waals surface area contributed by atoms with Gasteiger partial charge in [0.25, 0.3) is 0 Å². The third kappa shape index (κ3) is 2.06. The van der Waals surface area contributed by atoms with Crippen molar-refractivity contribution in [1.29, 1.82) is 0 Å². The van der Waals surface area contributed by atoms with Crippen molar-refractivity contribution in [3.8, 4) is 0 Å². The Bertz CT molecular complexity index is 587. The Balaban J connectivity index is 2.00. The van der Waals surface area contributed by atoms with Crippen LogP contribution in [0.3, 0.4) is 0 Å². The van der Waals surface area contributed by atoms with Crippen LogP contribution < -0.4 is 0 Å². The van der Waals surface area contributed by atoms with E-state index in [0.29, 0.717) is 5.56 Å². The number of aliphatic hydroxyl groups is 1.